The molecule has 0 radical (unpaired) electrons. The van der Waals surface area contributed by atoms with Gasteiger partial charge < -0.3 is 9.47 Å². The molecule has 0 unspecified atom stereocenters. The van der Waals surface area contributed by atoms with Gasteiger partial charge in [-0.25, -0.2) is 0 Å². The molecular formula is C72H74N2. The molecule has 2 heteroatoms. The Morgan fingerprint density at radius 1 is 0.311 bits per heavy atom. The van der Waals surface area contributed by atoms with Crippen molar-refractivity contribution in [1.29, 1.82) is 0 Å². The zero-order valence-corrected chi connectivity index (χ0v) is 46.6. The van der Waals surface area contributed by atoms with Gasteiger partial charge in [0.2, 0.25) is 0 Å². The molecule has 2 nitrogen and oxygen atoms in total. The number of hydrogen-bond donors (Lipinski definition) is 0. The molecule has 1 aromatic heterocycles. The van der Waals surface area contributed by atoms with Crippen LogP contribution in [0, 0.1) is 0 Å². The zero-order chi connectivity index (χ0) is 52.4. The highest BCUT2D eigenvalue weighted by molar-refractivity contribution is 6.27. The van der Waals surface area contributed by atoms with E-state index >= 15 is 0 Å². The molecule has 0 fully saturated rings. The van der Waals surface area contributed by atoms with E-state index in [9.17, 15) is 0 Å². The second-order valence-corrected chi connectivity index (χ2v) is 26.4. The molecule has 372 valence electrons. The number of aromatic nitrogens is 1. The Bertz CT molecular complexity index is 3840. The number of fused-ring (bicyclic) bond motifs is 3. The van der Waals surface area contributed by atoms with Crippen LogP contribution in [0.4, 0.5) is 17.1 Å². The van der Waals surface area contributed by atoms with Crippen molar-refractivity contribution in [2.45, 2.75) is 131 Å². The molecule has 1 heterocycles. The Labute approximate surface area is 441 Å². The first-order valence-corrected chi connectivity index (χ1v) is 26.9. The molecule has 0 saturated carbocycles. The summed E-state index contributed by atoms with van der Waals surface area (Å²) >= 11 is 0. The summed E-state index contributed by atoms with van der Waals surface area (Å²) in [6.45, 7) is 35.0. The average molecular weight is 967 g/mol. The lowest BCUT2D eigenvalue weighted by Gasteiger charge is -2.32. The molecule has 0 aliphatic carbocycles. The first-order valence-electron chi connectivity index (χ1n) is 26.9. The lowest BCUT2D eigenvalue weighted by Crippen LogP contribution is -2.19. The molecule has 0 atom stereocenters. The van der Waals surface area contributed by atoms with Gasteiger partial charge in [0, 0.05) is 32.9 Å². The maximum atomic E-state index is 2.54. The van der Waals surface area contributed by atoms with Crippen molar-refractivity contribution in [3.8, 4) is 27.9 Å². The van der Waals surface area contributed by atoms with Crippen molar-refractivity contribution < 1.29 is 0 Å². The summed E-state index contributed by atoms with van der Waals surface area (Å²) in [6, 6.07) is 67.8. The van der Waals surface area contributed by atoms with Crippen LogP contribution in [0.25, 0.3) is 82.1 Å². The largest absolute Gasteiger partial charge is 0.310 e. The topological polar surface area (TPSA) is 8.17 Å². The van der Waals surface area contributed by atoms with Gasteiger partial charge in [0.05, 0.1) is 22.4 Å². The van der Waals surface area contributed by atoms with Gasteiger partial charge in [0.25, 0.3) is 0 Å². The second-order valence-electron chi connectivity index (χ2n) is 26.4. The van der Waals surface area contributed by atoms with Gasteiger partial charge in [-0.1, -0.05) is 231 Å². The van der Waals surface area contributed by atoms with Crippen LogP contribution in [0.1, 0.15) is 132 Å². The molecule has 0 bridgehead atoms. The fourth-order valence-corrected chi connectivity index (χ4v) is 11.3. The van der Waals surface area contributed by atoms with Crippen LogP contribution in [0.5, 0.6) is 0 Å². The Kier molecular flexibility index (Phi) is 11.4. The number of nitrogens with zero attached hydrogens (tertiary/aromatic N) is 2. The predicted octanol–water partition coefficient (Wildman–Crippen LogP) is 21.0. The molecular weight excluding hydrogens is 893 g/mol. The van der Waals surface area contributed by atoms with E-state index in [4.69, 9.17) is 0 Å². The summed E-state index contributed by atoms with van der Waals surface area (Å²) in [5.74, 6) is 0. The average Bonchev–Trinajstić information content (AvgIpc) is 3.68. The highest BCUT2D eigenvalue weighted by atomic mass is 15.1. The zero-order valence-electron chi connectivity index (χ0n) is 46.6. The Hall–Kier alpha value is -7.16. The lowest BCUT2D eigenvalue weighted by atomic mass is 9.77. The number of rotatable bonds is 6. The van der Waals surface area contributed by atoms with Crippen LogP contribution in [-0.2, 0) is 27.1 Å². The molecule has 0 aliphatic heterocycles. The van der Waals surface area contributed by atoms with Crippen molar-refractivity contribution in [2.75, 3.05) is 4.90 Å². The van der Waals surface area contributed by atoms with E-state index in [1.54, 1.807) is 0 Å². The minimum atomic E-state index is -0.0653. The number of anilines is 3. The van der Waals surface area contributed by atoms with Gasteiger partial charge in [-0.15, -0.1) is 0 Å². The molecule has 0 aliphatic rings. The van der Waals surface area contributed by atoms with E-state index in [0.29, 0.717) is 0 Å². The first-order chi connectivity index (χ1) is 34.8. The van der Waals surface area contributed by atoms with Gasteiger partial charge >= 0.3 is 0 Å². The van der Waals surface area contributed by atoms with E-state index in [0.717, 1.165) is 11.4 Å². The van der Waals surface area contributed by atoms with Gasteiger partial charge in [-0.3, -0.25) is 0 Å². The van der Waals surface area contributed by atoms with E-state index in [1.807, 2.05) is 0 Å². The molecule has 10 aromatic carbocycles. The summed E-state index contributed by atoms with van der Waals surface area (Å²) < 4.78 is 2.48. The maximum Gasteiger partial charge on any atom is 0.0541 e. The summed E-state index contributed by atoms with van der Waals surface area (Å²) in [4.78, 5) is 2.54. The Morgan fingerprint density at radius 2 is 0.770 bits per heavy atom. The van der Waals surface area contributed by atoms with Gasteiger partial charge in [-0.05, 0) is 147 Å². The van der Waals surface area contributed by atoms with E-state index in [2.05, 4.69) is 289 Å². The number of benzene rings is 10. The first kappa shape index (κ1) is 49.1. The third-order valence-corrected chi connectivity index (χ3v) is 15.9. The lowest BCUT2D eigenvalue weighted by molar-refractivity contribution is 0.568. The predicted molar refractivity (Wildman–Crippen MR) is 324 cm³/mol. The Balaban J connectivity index is 1.14. The van der Waals surface area contributed by atoms with Crippen molar-refractivity contribution in [3.63, 3.8) is 0 Å². The third kappa shape index (κ3) is 8.55. The smallest absolute Gasteiger partial charge is 0.0541 e. The van der Waals surface area contributed by atoms with E-state index in [1.165, 1.54) is 116 Å². The molecule has 0 N–H and O–H groups in total. The monoisotopic (exact) mass is 967 g/mol. The van der Waals surface area contributed by atoms with Gasteiger partial charge in [0.15, 0.2) is 0 Å². The number of para-hydroxylation sites is 2. The summed E-state index contributed by atoms with van der Waals surface area (Å²) in [6.07, 6.45) is 0. The normalized spacial score (nSPS) is 13.1. The maximum absolute atomic E-state index is 2.54. The quantitative estimate of drug-likeness (QED) is 0.151. The minimum absolute atomic E-state index is 0.000157. The van der Waals surface area contributed by atoms with Crippen LogP contribution in [-0.4, -0.2) is 4.57 Å². The minimum Gasteiger partial charge on any atom is -0.310 e. The highest BCUT2D eigenvalue weighted by Crippen LogP contribution is 2.48. The molecule has 0 saturated heterocycles. The van der Waals surface area contributed by atoms with Crippen LogP contribution in [0.2, 0.25) is 0 Å². The Morgan fingerprint density at radius 3 is 1.30 bits per heavy atom. The van der Waals surface area contributed by atoms with Gasteiger partial charge in [-0.2, -0.15) is 0 Å². The fraction of sp³-hybridized carbons (Fsp3) is 0.278. The highest BCUT2D eigenvalue weighted by Gasteiger charge is 2.28. The molecule has 0 spiro atoms. The van der Waals surface area contributed by atoms with Crippen molar-refractivity contribution in [3.05, 3.63) is 204 Å². The van der Waals surface area contributed by atoms with Crippen LogP contribution < -0.4 is 4.90 Å². The third-order valence-electron chi connectivity index (χ3n) is 15.9. The van der Waals surface area contributed by atoms with Crippen LogP contribution in [0.15, 0.2) is 176 Å². The van der Waals surface area contributed by atoms with Gasteiger partial charge in [0.1, 0.15) is 0 Å². The van der Waals surface area contributed by atoms with Crippen LogP contribution in [0.3, 0.4) is 0 Å². The standard InChI is InChI=1S/C72H74N2/c1-68(2,3)49-30-35-56(61(44-49)48-38-50(69(4,5)6)40-51(39-48)70(7,8)9)45-24-31-54(32-25-45)73(55-42-52(71(10,11)12)41-53(43-55)72(13,14)15)64-36-28-46-27-34-60-65(37-29-47-26-33-59(64)66(46)67(47)60)74-62-22-18-16-20-57(62)58-21-17-19-23-63(58)74/h16-44H,1-15H3. The molecule has 74 heavy (non-hydrogen) atoms. The van der Waals surface area contributed by atoms with Crippen molar-refractivity contribution in [2.24, 2.45) is 0 Å². The van der Waals surface area contributed by atoms with E-state index < -0.39 is 0 Å². The van der Waals surface area contributed by atoms with Crippen molar-refractivity contribution in [1.82, 2.24) is 4.57 Å². The summed E-state index contributed by atoms with van der Waals surface area (Å²) in [7, 11) is 0. The summed E-state index contributed by atoms with van der Waals surface area (Å²) in [5.41, 5.74) is 18.7. The van der Waals surface area contributed by atoms with Crippen LogP contribution >= 0.6 is 0 Å². The summed E-state index contributed by atoms with van der Waals surface area (Å²) in [5, 5.41) is 10.1. The molecule has 0 amide bonds. The SMILES string of the molecule is CC(C)(C)c1cc(-c2cc(C(C)(C)C)ccc2-c2ccc(N(c3cc(C(C)(C)C)cc(C(C)(C)C)c3)c3ccc4ccc5c(-n6c7ccccc7c7ccccc76)ccc6ccc3c4c65)cc2)cc(C(C)(C)C)c1. The molecule has 11 rings (SSSR count). The number of hydrogen-bond acceptors (Lipinski definition) is 1. The molecule has 11 aromatic rings. The van der Waals surface area contributed by atoms with E-state index in [-0.39, 0.29) is 27.1 Å². The van der Waals surface area contributed by atoms with Crippen molar-refractivity contribution >= 4 is 71.2 Å². The fourth-order valence-electron chi connectivity index (χ4n) is 11.3. The second kappa shape index (κ2) is 17.2.